The van der Waals surface area contributed by atoms with Crippen LogP contribution >= 0.6 is 11.3 Å². The first-order valence-electron chi connectivity index (χ1n) is 9.89. The second-order valence-electron chi connectivity index (χ2n) is 7.07. The van der Waals surface area contributed by atoms with Crippen molar-refractivity contribution in [2.24, 2.45) is 4.99 Å². The Morgan fingerprint density at radius 1 is 1.19 bits per heavy atom. The van der Waals surface area contributed by atoms with Gasteiger partial charge in [0.25, 0.3) is 11.8 Å². The molecule has 3 heterocycles. The number of hydrogen-bond acceptors (Lipinski definition) is 6. The van der Waals surface area contributed by atoms with Gasteiger partial charge in [0.1, 0.15) is 11.5 Å². The molecule has 2 amide bonds. The average Bonchev–Trinajstić information content (AvgIpc) is 3.41. The molecule has 162 valence electrons. The fourth-order valence-electron chi connectivity index (χ4n) is 3.26. The van der Waals surface area contributed by atoms with Crippen LogP contribution in [0.5, 0.6) is 5.75 Å². The molecule has 31 heavy (non-hydrogen) atoms. The van der Waals surface area contributed by atoms with Crippen LogP contribution in [0.15, 0.2) is 51.2 Å². The highest BCUT2D eigenvalue weighted by molar-refractivity contribution is 7.07. The number of carbonyl (C=O) groups excluding carboxylic acids is 2. The van der Waals surface area contributed by atoms with E-state index in [1.807, 2.05) is 16.9 Å². The minimum atomic E-state index is -0.350. The Bertz CT molecular complexity index is 1150. The Kier molecular flexibility index (Phi) is 6.34. The summed E-state index contributed by atoms with van der Waals surface area (Å²) in [6.07, 6.45) is 0. The van der Waals surface area contributed by atoms with Crippen LogP contribution in [0.4, 0.5) is 0 Å². The van der Waals surface area contributed by atoms with E-state index in [0.717, 1.165) is 5.69 Å². The van der Waals surface area contributed by atoms with Crippen LogP contribution in [-0.4, -0.2) is 54.7 Å². The number of nitrogens with zero attached hydrogens (tertiary/aromatic N) is 3. The van der Waals surface area contributed by atoms with Gasteiger partial charge in [-0.25, -0.2) is 0 Å². The number of rotatable bonds is 5. The highest BCUT2D eigenvalue weighted by Crippen LogP contribution is 2.15. The quantitative estimate of drug-likeness (QED) is 0.608. The van der Waals surface area contributed by atoms with Gasteiger partial charge in [-0.1, -0.05) is 6.07 Å². The number of carbonyl (C=O) groups is 2. The van der Waals surface area contributed by atoms with E-state index in [1.165, 1.54) is 11.3 Å². The maximum absolute atomic E-state index is 12.7. The molecule has 3 aromatic rings. The van der Waals surface area contributed by atoms with E-state index in [2.05, 4.69) is 4.99 Å². The molecule has 1 aliphatic heterocycles. The molecule has 1 aliphatic rings. The summed E-state index contributed by atoms with van der Waals surface area (Å²) in [5.41, 5.74) is 1.40. The number of aromatic nitrogens is 1. The second kappa shape index (κ2) is 9.32. The van der Waals surface area contributed by atoms with Crippen LogP contribution in [-0.2, 0) is 11.3 Å². The van der Waals surface area contributed by atoms with Gasteiger partial charge in [-0.3, -0.25) is 9.59 Å². The van der Waals surface area contributed by atoms with Crippen molar-refractivity contribution in [3.05, 3.63) is 69.4 Å². The molecule has 0 bridgehead atoms. The third kappa shape index (κ3) is 4.78. The number of furan rings is 1. The lowest BCUT2D eigenvalue weighted by atomic mass is 10.2. The average molecular weight is 442 g/mol. The van der Waals surface area contributed by atoms with E-state index in [9.17, 15) is 9.59 Å². The Morgan fingerprint density at radius 2 is 2.00 bits per heavy atom. The van der Waals surface area contributed by atoms with Crippen LogP contribution in [0.25, 0.3) is 0 Å². The third-order valence-corrected chi connectivity index (χ3v) is 5.97. The van der Waals surface area contributed by atoms with Crippen LogP contribution in [0.1, 0.15) is 32.4 Å². The summed E-state index contributed by atoms with van der Waals surface area (Å²) in [5.74, 6) is 1.03. The number of morpholine rings is 1. The SMILES string of the molecule is COc1cccc(C(=O)N=c2scc(C)n2Cc2ccc(C(=O)N3CCOCC3)o2)c1. The molecule has 1 fully saturated rings. The molecule has 0 aliphatic carbocycles. The first-order chi connectivity index (χ1) is 15.0. The van der Waals surface area contributed by atoms with Crippen LogP contribution in [0, 0.1) is 6.92 Å². The molecule has 0 N–H and O–H groups in total. The van der Waals surface area contributed by atoms with Crippen LogP contribution < -0.4 is 9.54 Å². The molecule has 0 atom stereocenters. The Balaban J connectivity index is 1.54. The predicted octanol–water partition coefficient (Wildman–Crippen LogP) is 2.72. The summed E-state index contributed by atoms with van der Waals surface area (Å²) < 4.78 is 18.2. The zero-order valence-electron chi connectivity index (χ0n) is 17.4. The summed E-state index contributed by atoms with van der Waals surface area (Å²) in [4.78, 5) is 31.8. The molecule has 2 aromatic heterocycles. The molecule has 9 heteroatoms. The van der Waals surface area contributed by atoms with E-state index in [4.69, 9.17) is 13.9 Å². The number of methoxy groups -OCH3 is 1. The van der Waals surface area contributed by atoms with Gasteiger partial charge in [0, 0.05) is 29.7 Å². The minimum Gasteiger partial charge on any atom is -0.497 e. The van der Waals surface area contributed by atoms with Gasteiger partial charge in [0.05, 0.1) is 26.9 Å². The van der Waals surface area contributed by atoms with Crippen LogP contribution in [0.2, 0.25) is 0 Å². The van der Waals surface area contributed by atoms with Gasteiger partial charge in [-0.2, -0.15) is 4.99 Å². The molecule has 1 saturated heterocycles. The first-order valence-corrected chi connectivity index (χ1v) is 10.8. The van der Waals surface area contributed by atoms with E-state index in [0.29, 0.717) is 60.5 Å². The number of hydrogen-bond donors (Lipinski definition) is 0. The lowest BCUT2D eigenvalue weighted by molar-refractivity contribution is 0.0281. The highest BCUT2D eigenvalue weighted by Gasteiger charge is 2.21. The summed E-state index contributed by atoms with van der Waals surface area (Å²) in [5, 5.41) is 1.93. The second-order valence-corrected chi connectivity index (χ2v) is 7.90. The monoisotopic (exact) mass is 441 g/mol. The van der Waals surface area contributed by atoms with Gasteiger partial charge in [-0.15, -0.1) is 11.3 Å². The van der Waals surface area contributed by atoms with Crippen molar-refractivity contribution in [1.29, 1.82) is 0 Å². The minimum absolute atomic E-state index is 0.139. The fourth-order valence-corrected chi connectivity index (χ4v) is 4.13. The Morgan fingerprint density at radius 3 is 2.77 bits per heavy atom. The lowest BCUT2D eigenvalue weighted by Crippen LogP contribution is -2.40. The molecule has 0 saturated carbocycles. The lowest BCUT2D eigenvalue weighted by Gasteiger charge is -2.25. The number of amides is 2. The number of thiazole rings is 1. The number of aryl methyl sites for hydroxylation is 1. The molecule has 4 rings (SSSR count). The van der Waals surface area contributed by atoms with Gasteiger partial charge in [0.2, 0.25) is 0 Å². The number of ether oxygens (including phenoxy) is 2. The van der Waals surface area contributed by atoms with Crippen molar-refractivity contribution in [2.75, 3.05) is 33.4 Å². The summed E-state index contributed by atoms with van der Waals surface area (Å²) in [6.45, 7) is 4.50. The van der Waals surface area contributed by atoms with Crippen molar-refractivity contribution < 1.29 is 23.5 Å². The normalized spacial score (nSPS) is 14.6. The summed E-state index contributed by atoms with van der Waals surface area (Å²) >= 11 is 1.38. The van der Waals surface area contributed by atoms with Crippen LogP contribution in [0.3, 0.4) is 0 Å². The Hall–Kier alpha value is -3.17. The zero-order chi connectivity index (χ0) is 21.8. The maximum Gasteiger partial charge on any atom is 0.289 e. The van der Waals surface area contributed by atoms with E-state index < -0.39 is 0 Å². The summed E-state index contributed by atoms with van der Waals surface area (Å²) in [7, 11) is 1.55. The molecule has 1 aromatic carbocycles. The van der Waals surface area contributed by atoms with Crippen molar-refractivity contribution in [3.63, 3.8) is 0 Å². The molecule has 0 spiro atoms. The fraction of sp³-hybridized carbons (Fsp3) is 0.318. The molecular formula is C22H23N3O5S. The standard InChI is InChI=1S/C22H23N3O5S/c1-15-14-31-22(23-20(26)16-4-3-5-17(12-16)28-2)25(15)13-18-6-7-19(30-18)21(27)24-8-10-29-11-9-24/h3-7,12,14H,8-11,13H2,1-2H3. The number of benzene rings is 1. The van der Waals surface area contributed by atoms with Gasteiger partial charge >= 0.3 is 0 Å². The van der Waals surface area contributed by atoms with Crippen molar-refractivity contribution >= 4 is 23.2 Å². The topological polar surface area (TPSA) is 86.3 Å². The maximum atomic E-state index is 12.7. The van der Waals surface area contributed by atoms with Crippen molar-refractivity contribution in [3.8, 4) is 5.75 Å². The molecular weight excluding hydrogens is 418 g/mol. The van der Waals surface area contributed by atoms with E-state index in [1.54, 1.807) is 48.4 Å². The van der Waals surface area contributed by atoms with Gasteiger partial charge in [-0.05, 0) is 37.3 Å². The largest absolute Gasteiger partial charge is 0.497 e. The van der Waals surface area contributed by atoms with E-state index >= 15 is 0 Å². The predicted molar refractivity (Wildman–Crippen MR) is 114 cm³/mol. The smallest absolute Gasteiger partial charge is 0.289 e. The van der Waals surface area contributed by atoms with Crippen molar-refractivity contribution in [1.82, 2.24) is 9.47 Å². The van der Waals surface area contributed by atoms with Gasteiger partial charge < -0.3 is 23.4 Å². The van der Waals surface area contributed by atoms with Crippen molar-refractivity contribution in [2.45, 2.75) is 13.5 Å². The molecule has 0 unspecified atom stereocenters. The zero-order valence-corrected chi connectivity index (χ0v) is 18.2. The third-order valence-electron chi connectivity index (χ3n) is 4.99. The first kappa shape index (κ1) is 21.1. The molecule has 0 radical (unpaired) electrons. The molecule has 8 nitrogen and oxygen atoms in total. The van der Waals surface area contributed by atoms with Gasteiger partial charge in [0.15, 0.2) is 10.6 Å². The van der Waals surface area contributed by atoms with E-state index in [-0.39, 0.29) is 11.8 Å². The summed E-state index contributed by atoms with van der Waals surface area (Å²) in [6, 6.07) is 10.4. The highest BCUT2D eigenvalue weighted by atomic mass is 32.1. The Labute approximate surface area is 183 Å².